The highest BCUT2D eigenvalue weighted by Crippen LogP contribution is 2.31. The molecule has 0 aromatic carbocycles. The lowest BCUT2D eigenvalue weighted by atomic mass is 9.92. The molecule has 5 heteroatoms. The lowest BCUT2D eigenvalue weighted by Crippen LogP contribution is -2.08. The number of aryl methyl sites for hydroxylation is 2. The van der Waals surface area contributed by atoms with Crippen LogP contribution >= 0.6 is 0 Å². The summed E-state index contributed by atoms with van der Waals surface area (Å²) in [5, 5.41) is 0. The number of halogens is 3. The number of nitrogens with zero attached hydrogens (tertiary/aromatic N) is 2. The lowest BCUT2D eigenvalue weighted by Gasteiger charge is -2.16. The highest BCUT2D eigenvalue weighted by Gasteiger charge is 2.32. The summed E-state index contributed by atoms with van der Waals surface area (Å²) in [6.45, 7) is 0. The van der Waals surface area contributed by atoms with Crippen LogP contribution in [0.5, 0.6) is 0 Å². The maximum atomic E-state index is 12.7. The van der Waals surface area contributed by atoms with Gasteiger partial charge in [0.25, 0.3) is 0 Å². The van der Waals surface area contributed by atoms with Crippen LogP contribution in [0.4, 0.5) is 13.2 Å². The highest BCUT2D eigenvalue weighted by atomic mass is 19.4. The smallest absolute Gasteiger partial charge is 0.256 e. The van der Waals surface area contributed by atoms with Crippen LogP contribution in [0, 0.1) is 0 Å². The van der Waals surface area contributed by atoms with E-state index in [0.29, 0.717) is 11.3 Å². The second-order valence-electron chi connectivity index (χ2n) is 4.97. The van der Waals surface area contributed by atoms with Crippen LogP contribution in [0.3, 0.4) is 0 Å². The number of rotatable bonds is 1. The standard InChI is InChI=1S/C15H13F3N2/c16-15(17,18)14-8-11(5-6-19-14)13-7-10-3-1-2-4-12(10)9-20-13/h5-9H,1-4H2. The van der Waals surface area contributed by atoms with Crippen LogP contribution in [0.2, 0.25) is 0 Å². The average molecular weight is 278 g/mol. The SMILES string of the molecule is FC(F)(F)c1cc(-c2cc3c(cn2)CCCC3)ccn1. The fourth-order valence-corrected chi connectivity index (χ4v) is 2.52. The van der Waals surface area contributed by atoms with Crippen LogP contribution < -0.4 is 0 Å². The molecular weight excluding hydrogens is 265 g/mol. The Balaban J connectivity index is 2.01. The molecule has 0 saturated carbocycles. The normalized spacial score (nSPS) is 14.9. The number of hydrogen-bond donors (Lipinski definition) is 0. The molecule has 0 spiro atoms. The third-order valence-electron chi connectivity index (χ3n) is 3.57. The molecule has 20 heavy (non-hydrogen) atoms. The van der Waals surface area contributed by atoms with E-state index in [1.54, 1.807) is 12.3 Å². The summed E-state index contributed by atoms with van der Waals surface area (Å²) in [5.74, 6) is 0. The zero-order valence-corrected chi connectivity index (χ0v) is 10.7. The highest BCUT2D eigenvalue weighted by molar-refractivity contribution is 5.60. The second kappa shape index (κ2) is 4.89. The molecule has 104 valence electrons. The van der Waals surface area contributed by atoms with Gasteiger partial charge in [-0.25, -0.2) is 0 Å². The van der Waals surface area contributed by atoms with Gasteiger partial charge in [0, 0.05) is 18.0 Å². The molecule has 3 rings (SSSR count). The van der Waals surface area contributed by atoms with Gasteiger partial charge in [0.15, 0.2) is 0 Å². The molecule has 0 amide bonds. The summed E-state index contributed by atoms with van der Waals surface area (Å²) in [6, 6.07) is 4.52. The van der Waals surface area contributed by atoms with Crippen molar-refractivity contribution in [3.8, 4) is 11.3 Å². The van der Waals surface area contributed by atoms with E-state index in [9.17, 15) is 13.2 Å². The summed E-state index contributed by atoms with van der Waals surface area (Å²) in [7, 11) is 0. The fraction of sp³-hybridized carbons (Fsp3) is 0.333. The number of fused-ring (bicyclic) bond motifs is 1. The zero-order valence-electron chi connectivity index (χ0n) is 10.7. The van der Waals surface area contributed by atoms with Crippen LogP contribution in [0.25, 0.3) is 11.3 Å². The van der Waals surface area contributed by atoms with E-state index < -0.39 is 11.9 Å². The predicted octanol–water partition coefficient (Wildman–Crippen LogP) is 4.04. The molecule has 0 N–H and O–H groups in total. The molecule has 0 aliphatic heterocycles. The summed E-state index contributed by atoms with van der Waals surface area (Å²) < 4.78 is 38.0. The zero-order chi connectivity index (χ0) is 14.2. The number of pyridine rings is 2. The number of aromatic nitrogens is 2. The summed E-state index contributed by atoms with van der Waals surface area (Å²) in [6.07, 6.45) is 2.80. The topological polar surface area (TPSA) is 25.8 Å². The van der Waals surface area contributed by atoms with Gasteiger partial charge in [-0.3, -0.25) is 9.97 Å². The summed E-state index contributed by atoms with van der Waals surface area (Å²) in [5.41, 5.74) is 2.57. The Morgan fingerprint density at radius 2 is 1.70 bits per heavy atom. The molecule has 0 bridgehead atoms. The largest absolute Gasteiger partial charge is 0.433 e. The van der Waals surface area contributed by atoms with Gasteiger partial charge in [-0.2, -0.15) is 13.2 Å². The van der Waals surface area contributed by atoms with Gasteiger partial charge in [0.2, 0.25) is 0 Å². The van der Waals surface area contributed by atoms with Gasteiger partial charge in [0.1, 0.15) is 5.69 Å². The van der Waals surface area contributed by atoms with E-state index in [2.05, 4.69) is 9.97 Å². The number of hydrogen-bond acceptors (Lipinski definition) is 2. The average Bonchev–Trinajstić information content (AvgIpc) is 2.46. The van der Waals surface area contributed by atoms with E-state index in [4.69, 9.17) is 0 Å². The summed E-state index contributed by atoms with van der Waals surface area (Å²) >= 11 is 0. The number of alkyl halides is 3. The van der Waals surface area contributed by atoms with Crippen molar-refractivity contribution in [3.05, 3.63) is 47.4 Å². The second-order valence-corrected chi connectivity index (χ2v) is 4.97. The Morgan fingerprint density at radius 3 is 2.45 bits per heavy atom. The van der Waals surface area contributed by atoms with E-state index in [1.807, 2.05) is 6.07 Å². The first kappa shape index (κ1) is 13.1. The Kier molecular flexibility index (Phi) is 3.20. The monoisotopic (exact) mass is 278 g/mol. The fourth-order valence-electron chi connectivity index (χ4n) is 2.52. The molecule has 0 radical (unpaired) electrons. The molecule has 2 heterocycles. The minimum absolute atomic E-state index is 0.459. The molecule has 2 aromatic heterocycles. The molecule has 1 aliphatic carbocycles. The first-order chi connectivity index (χ1) is 9.54. The minimum atomic E-state index is -4.43. The lowest BCUT2D eigenvalue weighted by molar-refractivity contribution is -0.141. The Bertz CT molecular complexity index is 635. The van der Waals surface area contributed by atoms with Gasteiger partial charge in [-0.1, -0.05) is 0 Å². The van der Waals surface area contributed by atoms with Crippen LogP contribution in [0.15, 0.2) is 30.6 Å². The summed E-state index contributed by atoms with van der Waals surface area (Å²) in [4.78, 5) is 7.66. The van der Waals surface area contributed by atoms with Gasteiger partial charge in [-0.05, 0) is 55.0 Å². The quantitative estimate of drug-likeness (QED) is 0.786. The van der Waals surface area contributed by atoms with Crippen molar-refractivity contribution in [2.45, 2.75) is 31.9 Å². The van der Waals surface area contributed by atoms with Crippen molar-refractivity contribution in [1.29, 1.82) is 0 Å². The molecular formula is C15H13F3N2. The van der Waals surface area contributed by atoms with Gasteiger partial charge < -0.3 is 0 Å². The van der Waals surface area contributed by atoms with E-state index in [-0.39, 0.29) is 0 Å². The molecule has 2 nitrogen and oxygen atoms in total. The van der Waals surface area contributed by atoms with Crippen molar-refractivity contribution in [2.24, 2.45) is 0 Å². The van der Waals surface area contributed by atoms with Gasteiger partial charge in [-0.15, -0.1) is 0 Å². The third-order valence-corrected chi connectivity index (χ3v) is 3.57. The van der Waals surface area contributed by atoms with Crippen molar-refractivity contribution in [1.82, 2.24) is 9.97 Å². The van der Waals surface area contributed by atoms with Crippen molar-refractivity contribution < 1.29 is 13.2 Å². The van der Waals surface area contributed by atoms with E-state index in [0.717, 1.165) is 31.7 Å². The van der Waals surface area contributed by atoms with Gasteiger partial charge in [0.05, 0.1) is 5.69 Å². The first-order valence-electron chi connectivity index (χ1n) is 6.55. The minimum Gasteiger partial charge on any atom is -0.256 e. The Hall–Kier alpha value is -1.91. The molecule has 2 aromatic rings. The van der Waals surface area contributed by atoms with Crippen molar-refractivity contribution in [3.63, 3.8) is 0 Å². The molecule has 0 saturated heterocycles. The maximum absolute atomic E-state index is 12.7. The Morgan fingerprint density at radius 1 is 0.950 bits per heavy atom. The maximum Gasteiger partial charge on any atom is 0.433 e. The van der Waals surface area contributed by atoms with E-state index >= 15 is 0 Å². The predicted molar refractivity (Wildman–Crippen MR) is 69.1 cm³/mol. The van der Waals surface area contributed by atoms with E-state index in [1.165, 1.54) is 17.3 Å². The molecule has 0 atom stereocenters. The van der Waals surface area contributed by atoms with Crippen LogP contribution in [-0.4, -0.2) is 9.97 Å². The Labute approximate surface area is 114 Å². The third kappa shape index (κ3) is 2.53. The van der Waals surface area contributed by atoms with Gasteiger partial charge >= 0.3 is 6.18 Å². The first-order valence-corrected chi connectivity index (χ1v) is 6.55. The van der Waals surface area contributed by atoms with Crippen molar-refractivity contribution >= 4 is 0 Å². The molecule has 1 aliphatic rings. The van der Waals surface area contributed by atoms with Crippen molar-refractivity contribution in [2.75, 3.05) is 0 Å². The molecule has 0 unspecified atom stereocenters. The van der Waals surface area contributed by atoms with Crippen LogP contribution in [0.1, 0.15) is 29.7 Å². The van der Waals surface area contributed by atoms with Crippen LogP contribution in [-0.2, 0) is 19.0 Å². The molecule has 0 fully saturated rings.